The second-order valence-corrected chi connectivity index (χ2v) is 8.61. The molecule has 1 aliphatic rings. The number of carbonyl (C=O) groups is 3. The first-order valence-corrected chi connectivity index (χ1v) is 11.9. The number of hydrogen-bond donors (Lipinski definition) is 1. The Labute approximate surface area is 199 Å². The Morgan fingerprint density at radius 1 is 1.00 bits per heavy atom. The average molecular weight is 470 g/mol. The third kappa shape index (κ3) is 7.14. The fourth-order valence-corrected chi connectivity index (χ4v) is 4.02. The van der Waals surface area contributed by atoms with Crippen LogP contribution in [0.2, 0.25) is 0 Å². The van der Waals surface area contributed by atoms with Crippen LogP contribution in [0.25, 0.3) is 0 Å². The Morgan fingerprint density at radius 2 is 1.68 bits per heavy atom. The summed E-state index contributed by atoms with van der Waals surface area (Å²) in [6, 6.07) is 11.4. The summed E-state index contributed by atoms with van der Waals surface area (Å²) in [5, 5.41) is 2.72. The molecule has 0 spiro atoms. The van der Waals surface area contributed by atoms with Gasteiger partial charge in [-0.05, 0) is 87.9 Å². The number of amides is 1. The van der Waals surface area contributed by atoms with Crippen LogP contribution in [0.15, 0.2) is 42.5 Å². The molecular formula is C27H32FNO5. The number of ketones is 1. The number of ether oxygens (including phenoxy) is 2. The molecule has 0 saturated heterocycles. The summed E-state index contributed by atoms with van der Waals surface area (Å²) in [6.07, 6.45) is 3.95. The standard InChI is InChI=1S/C27H32FNO5/c1-3-33-27(32)20-10-14-23(15-11-20)34-22-12-8-19(9-13-22)25(30)5-4-16-29-26(31)21-7-6-18(2)24(28)17-21/h6-9,12-13,17,20,23H,3-5,10-11,14-16H2,1-2H3,(H,29,31). The first-order chi connectivity index (χ1) is 16.4. The molecule has 2 aromatic rings. The highest BCUT2D eigenvalue weighted by molar-refractivity contribution is 5.96. The quantitative estimate of drug-likeness (QED) is 0.300. The monoisotopic (exact) mass is 469 g/mol. The highest BCUT2D eigenvalue weighted by Gasteiger charge is 2.28. The number of carbonyl (C=O) groups excluding carboxylic acids is 3. The summed E-state index contributed by atoms with van der Waals surface area (Å²) in [4.78, 5) is 36.4. The van der Waals surface area contributed by atoms with Crippen LogP contribution < -0.4 is 10.1 Å². The zero-order valence-electron chi connectivity index (χ0n) is 19.8. The summed E-state index contributed by atoms with van der Waals surface area (Å²) in [6.45, 7) is 4.19. The van der Waals surface area contributed by atoms with Crippen LogP contribution in [0.5, 0.6) is 5.75 Å². The lowest BCUT2D eigenvalue weighted by Crippen LogP contribution is -2.29. The summed E-state index contributed by atoms with van der Waals surface area (Å²) in [5.41, 5.74) is 1.34. The molecule has 3 rings (SSSR count). The van der Waals surface area contributed by atoms with E-state index in [4.69, 9.17) is 9.47 Å². The number of aryl methyl sites for hydroxylation is 1. The molecule has 1 N–H and O–H groups in total. The molecule has 182 valence electrons. The second kappa shape index (κ2) is 12.3. The Hall–Kier alpha value is -3.22. The van der Waals surface area contributed by atoms with E-state index in [0.717, 1.165) is 25.7 Å². The van der Waals surface area contributed by atoms with Gasteiger partial charge in [-0.25, -0.2) is 4.39 Å². The minimum Gasteiger partial charge on any atom is -0.490 e. The van der Waals surface area contributed by atoms with Gasteiger partial charge in [-0.15, -0.1) is 0 Å². The van der Waals surface area contributed by atoms with Gasteiger partial charge in [0.25, 0.3) is 5.91 Å². The molecule has 1 saturated carbocycles. The topological polar surface area (TPSA) is 81.7 Å². The number of halogens is 1. The summed E-state index contributed by atoms with van der Waals surface area (Å²) in [5.74, 6) is -0.246. The van der Waals surface area contributed by atoms with Gasteiger partial charge in [0.2, 0.25) is 0 Å². The molecule has 0 unspecified atom stereocenters. The van der Waals surface area contributed by atoms with Gasteiger partial charge in [0.15, 0.2) is 5.78 Å². The second-order valence-electron chi connectivity index (χ2n) is 8.61. The normalized spacial score (nSPS) is 17.6. The minimum atomic E-state index is -0.417. The van der Waals surface area contributed by atoms with Gasteiger partial charge < -0.3 is 14.8 Å². The van der Waals surface area contributed by atoms with E-state index in [2.05, 4.69) is 5.32 Å². The molecule has 1 amide bonds. The third-order valence-corrected chi connectivity index (χ3v) is 6.07. The van der Waals surface area contributed by atoms with E-state index in [1.54, 1.807) is 43.3 Å². The van der Waals surface area contributed by atoms with E-state index in [1.165, 1.54) is 6.07 Å². The third-order valence-electron chi connectivity index (χ3n) is 6.07. The van der Waals surface area contributed by atoms with Crippen molar-refractivity contribution in [2.24, 2.45) is 5.92 Å². The summed E-state index contributed by atoms with van der Waals surface area (Å²) in [7, 11) is 0. The summed E-state index contributed by atoms with van der Waals surface area (Å²) < 4.78 is 24.7. The fraction of sp³-hybridized carbons (Fsp3) is 0.444. The van der Waals surface area contributed by atoms with Crippen molar-refractivity contribution in [1.82, 2.24) is 5.32 Å². The Bertz CT molecular complexity index is 997. The fourth-order valence-electron chi connectivity index (χ4n) is 4.02. The van der Waals surface area contributed by atoms with Crippen molar-refractivity contribution in [3.05, 3.63) is 65.0 Å². The van der Waals surface area contributed by atoms with Gasteiger partial charge in [0, 0.05) is 24.1 Å². The van der Waals surface area contributed by atoms with Crippen molar-refractivity contribution in [3.63, 3.8) is 0 Å². The predicted molar refractivity (Wildman–Crippen MR) is 126 cm³/mol. The number of hydrogen-bond acceptors (Lipinski definition) is 5. The van der Waals surface area contributed by atoms with Crippen molar-refractivity contribution in [2.75, 3.05) is 13.2 Å². The molecule has 7 heteroatoms. The molecule has 0 aliphatic heterocycles. The van der Waals surface area contributed by atoms with Crippen molar-refractivity contribution in [1.29, 1.82) is 0 Å². The van der Waals surface area contributed by atoms with Crippen molar-refractivity contribution >= 4 is 17.7 Å². The van der Waals surface area contributed by atoms with Gasteiger partial charge in [0.1, 0.15) is 11.6 Å². The van der Waals surface area contributed by atoms with Crippen LogP contribution in [0, 0.1) is 18.7 Å². The maximum Gasteiger partial charge on any atom is 0.308 e. The van der Waals surface area contributed by atoms with E-state index in [1.807, 2.05) is 6.92 Å². The summed E-state index contributed by atoms with van der Waals surface area (Å²) >= 11 is 0. The first-order valence-electron chi connectivity index (χ1n) is 11.9. The van der Waals surface area contributed by atoms with Crippen LogP contribution in [0.1, 0.15) is 71.7 Å². The van der Waals surface area contributed by atoms with E-state index < -0.39 is 5.82 Å². The Kier molecular flexibility index (Phi) is 9.19. The molecule has 1 aliphatic carbocycles. The van der Waals surface area contributed by atoms with Crippen LogP contribution in [-0.2, 0) is 9.53 Å². The van der Waals surface area contributed by atoms with E-state index in [0.29, 0.717) is 42.9 Å². The zero-order valence-corrected chi connectivity index (χ0v) is 19.8. The zero-order chi connectivity index (χ0) is 24.5. The SMILES string of the molecule is CCOC(=O)C1CCC(Oc2ccc(C(=O)CCCNC(=O)c3ccc(C)c(F)c3)cc2)CC1. The molecule has 0 bridgehead atoms. The van der Waals surface area contributed by atoms with Gasteiger partial charge in [0.05, 0.1) is 18.6 Å². The number of esters is 1. The smallest absolute Gasteiger partial charge is 0.308 e. The molecule has 0 aromatic heterocycles. The minimum absolute atomic E-state index is 0.0166. The van der Waals surface area contributed by atoms with Crippen LogP contribution in [0.4, 0.5) is 4.39 Å². The van der Waals surface area contributed by atoms with Crippen LogP contribution in [0.3, 0.4) is 0 Å². The molecule has 0 heterocycles. The van der Waals surface area contributed by atoms with Gasteiger partial charge in [-0.2, -0.15) is 0 Å². The van der Waals surface area contributed by atoms with Gasteiger partial charge in [-0.3, -0.25) is 14.4 Å². The van der Waals surface area contributed by atoms with Gasteiger partial charge >= 0.3 is 5.97 Å². The number of rotatable bonds is 10. The van der Waals surface area contributed by atoms with Crippen LogP contribution in [-0.4, -0.2) is 36.9 Å². The molecular weight excluding hydrogens is 437 g/mol. The lowest BCUT2D eigenvalue weighted by molar-refractivity contribution is -0.149. The highest BCUT2D eigenvalue weighted by atomic mass is 19.1. The average Bonchev–Trinajstić information content (AvgIpc) is 2.84. The number of Topliss-reactive ketones (excluding diaryl/α,β-unsaturated/α-hetero) is 1. The molecule has 1 fully saturated rings. The van der Waals surface area contributed by atoms with Gasteiger partial charge in [-0.1, -0.05) is 6.07 Å². The predicted octanol–water partition coefficient (Wildman–Crippen LogP) is 5.03. The molecule has 0 atom stereocenters. The molecule has 34 heavy (non-hydrogen) atoms. The Balaban J connectivity index is 1.38. The molecule has 2 aromatic carbocycles. The lowest BCUT2D eigenvalue weighted by Gasteiger charge is -2.27. The maximum absolute atomic E-state index is 13.6. The molecule has 0 radical (unpaired) electrons. The highest BCUT2D eigenvalue weighted by Crippen LogP contribution is 2.28. The number of nitrogens with one attached hydrogen (secondary N) is 1. The van der Waals surface area contributed by atoms with E-state index in [9.17, 15) is 18.8 Å². The molecule has 6 nitrogen and oxygen atoms in total. The van der Waals surface area contributed by atoms with Crippen molar-refractivity contribution < 1.29 is 28.2 Å². The van der Waals surface area contributed by atoms with Crippen molar-refractivity contribution in [2.45, 2.75) is 58.5 Å². The largest absolute Gasteiger partial charge is 0.490 e. The first kappa shape index (κ1) is 25.4. The van der Waals surface area contributed by atoms with Crippen LogP contribution >= 0.6 is 0 Å². The Morgan fingerprint density at radius 3 is 2.32 bits per heavy atom. The lowest BCUT2D eigenvalue weighted by atomic mass is 9.87. The van der Waals surface area contributed by atoms with Crippen molar-refractivity contribution in [3.8, 4) is 5.75 Å². The van der Waals surface area contributed by atoms with E-state index >= 15 is 0 Å². The number of benzene rings is 2. The van der Waals surface area contributed by atoms with E-state index in [-0.39, 0.29) is 35.2 Å². The maximum atomic E-state index is 13.6.